The lowest BCUT2D eigenvalue weighted by Crippen LogP contribution is -2.46. The summed E-state index contributed by atoms with van der Waals surface area (Å²) in [4.78, 5) is 40.4. The molecule has 2 N–H and O–H groups in total. The lowest BCUT2D eigenvalue weighted by Gasteiger charge is -2.31. The van der Waals surface area contributed by atoms with Crippen LogP contribution in [-0.2, 0) is 16.1 Å². The van der Waals surface area contributed by atoms with E-state index in [0.29, 0.717) is 44.5 Å². The lowest BCUT2D eigenvalue weighted by atomic mass is 9.99. The first-order chi connectivity index (χ1) is 17.0. The number of amides is 2. The summed E-state index contributed by atoms with van der Waals surface area (Å²) in [5.74, 6) is 0.116. The van der Waals surface area contributed by atoms with Gasteiger partial charge in [-0.2, -0.15) is 0 Å². The number of ketones is 1. The molecule has 7 nitrogen and oxygen atoms in total. The molecule has 0 spiro atoms. The number of hydrogen-bond acceptors (Lipinski definition) is 5. The van der Waals surface area contributed by atoms with E-state index in [2.05, 4.69) is 10.6 Å². The maximum atomic E-state index is 13.4. The Kier molecular flexibility index (Phi) is 8.32. The minimum Gasteiger partial charge on any atom is -0.451 e. The maximum absolute atomic E-state index is 13.4. The van der Waals surface area contributed by atoms with Gasteiger partial charge in [-0.3, -0.25) is 14.4 Å². The van der Waals surface area contributed by atoms with E-state index in [1.807, 2.05) is 61.5 Å². The molecule has 1 unspecified atom stereocenters. The van der Waals surface area contributed by atoms with Gasteiger partial charge in [0.05, 0.1) is 12.6 Å². The third kappa shape index (κ3) is 6.57. The van der Waals surface area contributed by atoms with Crippen molar-refractivity contribution in [3.05, 3.63) is 72.0 Å². The Balaban J connectivity index is 1.33. The van der Waals surface area contributed by atoms with E-state index in [1.54, 1.807) is 11.0 Å². The Morgan fingerprint density at radius 2 is 1.91 bits per heavy atom. The second-order valence-corrected chi connectivity index (χ2v) is 9.31. The molecule has 2 atom stereocenters. The van der Waals surface area contributed by atoms with E-state index >= 15 is 0 Å². The van der Waals surface area contributed by atoms with E-state index < -0.39 is 6.04 Å². The SMILES string of the molecule is C[C@@H](CCNC(=O)c1cc2ccccc2o1)CC(=O)N(Cc1ccccc1)C1CCCNCC1=O. The second-order valence-electron chi connectivity index (χ2n) is 9.31. The molecule has 2 heterocycles. The first-order valence-electron chi connectivity index (χ1n) is 12.3. The van der Waals surface area contributed by atoms with Crippen LogP contribution in [-0.4, -0.2) is 48.2 Å². The molecule has 0 aliphatic carbocycles. The zero-order valence-electron chi connectivity index (χ0n) is 20.2. The summed E-state index contributed by atoms with van der Waals surface area (Å²) in [6.45, 7) is 3.95. The van der Waals surface area contributed by atoms with E-state index in [9.17, 15) is 14.4 Å². The first kappa shape index (κ1) is 24.7. The fourth-order valence-electron chi connectivity index (χ4n) is 4.52. The van der Waals surface area contributed by atoms with Crippen molar-refractivity contribution in [2.45, 2.75) is 45.2 Å². The maximum Gasteiger partial charge on any atom is 0.287 e. The second kappa shape index (κ2) is 11.8. The highest BCUT2D eigenvalue weighted by molar-refractivity contribution is 5.96. The molecule has 0 bridgehead atoms. The molecule has 1 saturated heterocycles. The molecule has 2 amide bonds. The van der Waals surface area contributed by atoms with Crippen molar-refractivity contribution in [2.75, 3.05) is 19.6 Å². The number of rotatable bonds is 9. The first-order valence-corrected chi connectivity index (χ1v) is 12.3. The summed E-state index contributed by atoms with van der Waals surface area (Å²) < 4.78 is 5.62. The van der Waals surface area contributed by atoms with Crippen molar-refractivity contribution >= 4 is 28.6 Å². The zero-order valence-corrected chi connectivity index (χ0v) is 20.2. The normalized spacial score (nSPS) is 17.1. The molecule has 35 heavy (non-hydrogen) atoms. The summed E-state index contributed by atoms with van der Waals surface area (Å²) in [5.41, 5.74) is 1.69. The average molecular weight is 476 g/mol. The number of hydrogen-bond donors (Lipinski definition) is 2. The van der Waals surface area contributed by atoms with Crippen LogP contribution in [0.15, 0.2) is 65.1 Å². The van der Waals surface area contributed by atoms with Crippen LogP contribution in [0.4, 0.5) is 0 Å². The molecule has 0 saturated carbocycles. The molecule has 3 aromatic rings. The van der Waals surface area contributed by atoms with Gasteiger partial charge in [-0.25, -0.2) is 0 Å². The largest absolute Gasteiger partial charge is 0.451 e. The Labute approximate surface area is 205 Å². The molecule has 184 valence electrons. The topological polar surface area (TPSA) is 91.7 Å². The van der Waals surface area contributed by atoms with Gasteiger partial charge in [0.1, 0.15) is 5.58 Å². The predicted molar refractivity (Wildman–Crippen MR) is 135 cm³/mol. The predicted octanol–water partition coefficient (Wildman–Crippen LogP) is 3.93. The molecular formula is C28H33N3O4. The van der Waals surface area contributed by atoms with Gasteiger partial charge in [-0.15, -0.1) is 0 Å². The number of benzene rings is 2. The molecule has 7 heteroatoms. The number of carbonyl (C=O) groups excluding carboxylic acids is 3. The third-order valence-electron chi connectivity index (χ3n) is 6.49. The Bertz CT molecular complexity index is 1120. The number of para-hydroxylation sites is 1. The van der Waals surface area contributed by atoms with E-state index in [0.717, 1.165) is 23.9 Å². The Morgan fingerprint density at radius 3 is 2.71 bits per heavy atom. The van der Waals surface area contributed by atoms with Crippen molar-refractivity contribution in [1.29, 1.82) is 0 Å². The van der Waals surface area contributed by atoms with Crippen molar-refractivity contribution in [3.63, 3.8) is 0 Å². The van der Waals surface area contributed by atoms with Crippen LogP contribution in [0, 0.1) is 5.92 Å². The summed E-state index contributed by atoms with van der Waals surface area (Å²) in [6, 6.07) is 18.6. The van der Waals surface area contributed by atoms with Crippen molar-refractivity contribution < 1.29 is 18.8 Å². The number of nitrogens with one attached hydrogen (secondary N) is 2. The van der Waals surface area contributed by atoms with Crippen LogP contribution in [0.5, 0.6) is 0 Å². The van der Waals surface area contributed by atoms with Crippen molar-refractivity contribution in [2.24, 2.45) is 5.92 Å². The molecule has 1 aromatic heterocycles. The van der Waals surface area contributed by atoms with Crippen molar-refractivity contribution in [3.8, 4) is 0 Å². The number of carbonyl (C=O) groups is 3. The fourth-order valence-corrected chi connectivity index (χ4v) is 4.52. The van der Waals surface area contributed by atoms with E-state index in [4.69, 9.17) is 4.42 Å². The standard InChI is InChI=1S/C28H33N3O4/c1-20(13-15-30-28(34)26-17-22-10-5-6-12-25(22)35-26)16-27(33)31(19-21-8-3-2-4-9-21)23-11-7-14-29-18-24(23)32/h2-6,8-10,12,17,20,23,29H,7,11,13-16,18-19H2,1H3,(H,30,34)/t20-,23?/m0/s1. The molecule has 4 rings (SSSR count). The van der Waals surface area contributed by atoms with Crippen LogP contribution in [0.25, 0.3) is 11.0 Å². The van der Waals surface area contributed by atoms with Gasteiger partial charge in [0.25, 0.3) is 5.91 Å². The lowest BCUT2D eigenvalue weighted by molar-refractivity contribution is -0.140. The number of Topliss-reactive ketones (excluding diaryl/α,β-unsaturated/α-hetero) is 1. The summed E-state index contributed by atoms with van der Waals surface area (Å²) >= 11 is 0. The van der Waals surface area contributed by atoms with Crippen LogP contribution in [0.3, 0.4) is 0 Å². The molecule has 2 aromatic carbocycles. The molecule has 1 fully saturated rings. The van der Waals surface area contributed by atoms with Crippen LogP contribution < -0.4 is 10.6 Å². The van der Waals surface area contributed by atoms with Gasteiger partial charge in [-0.1, -0.05) is 55.5 Å². The third-order valence-corrected chi connectivity index (χ3v) is 6.49. The van der Waals surface area contributed by atoms with E-state index in [1.165, 1.54) is 0 Å². The van der Waals surface area contributed by atoms with Crippen LogP contribution >= 0.6 is 0 Å². The van der Waals surface area contributed by atoms with Gasteiger partial charge in [-0.05, 0) is 49.4 Å². The molecule has 0 radical (unpaired) electrons. The fraction of sp³-hybridized carbons (Fsp3) is 0.393. The number of fused-ring (bicyclic) bond motifs is 1. The van der Waals surface area contributed by atoms with E-state index in [-0.39, 0.29) is 29.3 Å². The van der Waals surface area contributed by atoms with Crippen LogP contribution in [0.1, 0.15) is 48.7 Å². The highest BCUT2D eigenvalue weighted by atomic mass is 16.3. The molecule has 1 aliphatic rings. The smallest absolute Gasteiger partial charge is 0.287 e. The van der Waals surface area contributed by atoms with Gasteiger partial charge in [0.2, 0.25) is 5.91 Å². The summed E-state index contributed by atoms with van der Waals surface area (Å²) in [5, 5.41) is 6.93. The quantitative estimate of drug-likeness (QED) is 0.489. The number of nitrogens with zero attached hydrogens (tertiary/aromatic N) is 1. The minimum atomic E-state index is -0.405. The van der Waals surface area contributed by atoms with Crippen molar-refractivity contribution in [1.82, 2.24) is 15.5 Å². The number of furan rings is 1. The van der Waals surface area contributed by atoms with Gasteiger partial charge >= 0.3 is 0 Å². The minimum absolute atomic E-state index is 0.0230. The average Bonchev–Trinajstić information content (AvgIpc) is 3.19. The molecular weight excluding hydrogens is 442 g/mol. The van der Waals surface area contributed by atoms with Gasteiger partial charge in [0, 0.05) is 24.9 Å². The summed E-state index contributed by atoms with van der Waals surface area (Å²) in [6.07, 6.45) is 2.51. The molecule has 1 aliphatic heterocycles. The monoisotopic (exact) mass is 475 g/mol. The highest BCUT2D eigenvalue weighted by Gasteiger charge is 2.31. The van der Waals surface area contributed by atoms with Gasteiger partial charge < -0.3 is 20.0 Å². The summed E-state index contributed by atoms with van der Waals surface area (Å²) in [7, 11) is 0. The van der Waals surface area contributed by atoms with Gasteiger partial charge in [0.15, 0.2) is 11.5 Å². The zero-order chi connectivity index (χ0) is 24.6. The van der Waals surface area contributed by atoms with Crippen LogP contribution in [0.2, 0.25) is 0 Å². The Hall–Kier alpha value is -3.45. The Morgan fingerprint density at radius 1 is 1.14 bits per heavy atom. The highest BCUT2D eigenvalue weighted by Crippen LogP contribution is 2.20.